The van der Waals surface area contributed by atoms with Crippen molar-refractivity contribution in [2.75, 3.05) is 55.4 Å². The molecule has 1 aliphatic heterocycles. The monoisotopic (exact) mass is 299 g/mol. The molecule has 112 valence electrons. The number of phenols is 1. The number of nitrogens with two attached hydrogens (primary N) is 1. The number of aromatic hydroxyl groups is 1. The average molecular weight is 299 g/mol. The first kappa shape index (κ1) is 14.9. The molecule has 1 fully saturated rings. The van der Waals surface area contributed by atoms with Gasteiger partial charge >= 0.3 is 0 Å². The number of phenolic OH excluding ortho intramolecular Hbond substituents is 1. The maximum absolute atomic E-state index is 11.2. The van der Waals surface area contributed by atoms with Crippen molar-refractivity contribution in [2.45, 2.75) is 0 Å². The van der Waals surface area contributed by atoms with Gasteiger partial charge in [0.05, 0.1) is 11.4 Å². The number of nitrogens with zero attached hydrogens (tertiary/aromatic N) is 2. The second-order valence-electron chi connectivity index (χ2n) is 5.20. The third-order valence-corrected chi connectivity index (χ3v) is 4.45. The first-order valence-electron chi connectivity index (χ1n) is 6.59. The summed E-state index contributed by atoms with van der Waals surface area (Å²) in [5, 5.41) is 9.63. The van der Waals surface area contributed by atoms with Crippen molar-refractivity contribution in [2.24, 2.45) is 0 Å². The third-order valence-electron chi connectivity index (χ3n) is 3.53. The van der Waals surface area contributed by atoms with Crippen LogP contribution in [0.5, 0.6) is 5.75 Å². The fourth-order valence-corrected chi connectivity index (χ4v) is 2.84. The highest BCUT2D eigenvalue weighted by atomic mass is 32.2. The Morgan fingerprint density at radius 2 is 1.90 bits per heavy atom. The van der Waals surface area contributed by atoms with E-state index in [9.17, 15) is 13.5 Å². The van der Waals surface area contributed by atoms with Crippen molar-refractivity contribution in [1.82, 2.24) is 4.90 Å². The van der Waals surface area contributed by atoms with Gasteiger partial charge in [0.15, 0.2) is 0 Å². The van der Waals surface area contributed by atoms with Gasteiger partial charge in [0.2, 0.25) is 0 Å². The number of piperazine rings is 1. The van der Waals surface area contributed by atoms with Gasteiger partial charge in [-0.05, 0) is 12.1 Å². The molecule has 1 saturated heterocycles. The standard InChI is InChI=1S/C13H21N3O3S/c1-20(18,19)9-8-15-4-6-16(7-5-15)11-2-3-12(14)13(17)10-11/h2-3,10,17H,4-9,14H2,1H3. The minimum atomic E-state index is -2.90. The molecule has 0 bridgehead atoms. The van der Waals surface area contributed by atoms with Crippen LogP contribution in [0.2, 0.25) is 0 Å². The summed E-state index contributed by atoms with van der Waals surface area (Å²) in [5.41, 5.74) is 6.91. The van der Waals surface area contributed by atoms with Crippen molar-refractivity contribution in [3.63, 3.8) is 0 Å². The van der Waals surface area contributed by atoms with E-state index in [0.29, 0.717) is 12.2 Å². The fourth-order valence-electron chi connectivity index (χ4n) is 2.25. The van der Waals surface area contributed by atoms with Crippen molar-refractivity contribution in [3.8, 4) is 5.75 Å². The summed E-state index contributed by atoms with van der Waals surface area (Å²) in [4.78, 5) is 4.31. The molecule has 1 heterocycles. The summed E-state index contributed by atoms with van der Waals surface area (Å²) < 4.78 is 22.3. The molecule has 0 amide bonds. The van der Waals surface area contributed by atoms with Gasteiger partial charge in [0, 0.05) is 50.7 Å². The Kier molecular flexibility index (Phi) is 4.39. The smallest absolute Gasteiger partial charge is 0.148 e. The van der Waals surface area contributed by atoms with E-state index in [0.717, 1.165) is 31.9 Å². The van der Waals surface area contributed by atoms with E-state index in [-0.39, 0.29) is 11.5 Å². The zero-order valence-electron chi connectivity index (χ0n) is 11.6. The van der Waals surface area contributed by atoms with Gasteiger partial charge in [-0.1, -0.05) is 0 Å². The number of rotatable bonds is 4. The molecule has 0 saturated carbocycles. The van der Waals surface area contributed by atoms with Crippen LogP contribution in [0, 0.1) is 0 Å². The van der Waals surface area contributed by atoms with Crippen molar-refractivity contribution in [1.29, 1.82) is 0 Å². The number of benzene rings is 1. The Morgan fingerprint density at radius 1 is 1.25 bits per heavy atom. The molecule has 2 rings (SSSR count). The Morgan fingerprint density at radius 3 is 2.45 bits per heavy atom. The Bertz CT molecular complexity index is 566. The molecule has 1 aromatic carbocycles. The molecule has 0 radical (unpaired) electrons. The number of hydrogen-bond donors (Lipinski definition) is 2. The first-order valence-corrected chi connectivity index (χ1v) is 8.65. The SMILES string of the molecule is CS(=O)(=O)CCN1CCN(c2ccc(N)c(O)c2)CC1. The lowest BCUT2D eigenvalue weighted by Crippen LogP contribution is -2.47. The van der Waals surface area contributed by atoms with Crippen molar-refractivity contribution < 1.29 is 13.5 Å². The van der Waals surface area contributed by atoms with E-state index in [1.54, 1.807) is 12.1 Å². The van der Waals surface area contributed by atoms with Gasteiger partial charge in [-0.25, -0.2) is 8.42 Å². The van der Waals surface area contributed by atoms with E-state index >= 15 is 0 Å². The zero-order chi connectivity index (χ0) is 14.8. The maximum Gasteiger partial charge on any atom is 0.148 e. The lowest BCUT2D eigenvalue weighted by Gasteiger charge is -2.36. The molecule has 0 unspecified atom stereocenters. The predicted octanol–water partition coefficient (Wildman–Crippen LogP) is 0.141. The van der Waals surface area contributed by atoms with Gasteiger partial charge in [0.1, 0.15) is 15.6 Å². The highest BCUT2D eigenvalue weighted by Gasteiger charge is 2.18. The Labute approximate surface area is 119 Å². The number of hydrogen-bond acceptors (Lipinski definition) is 6. The highest BCUT2D eigenvalue weighted by molar-refractivity contribution is 7.90. The number of sulfone groups is 1. The summed E-state index contributed by atoms with van der Waals surface area (Å²) in [6.07, 6.45) is 1.26. The summed E-state index contributed by atoms with van der Waals surface area (Å²) in [6.45, 7) is 3.85. The lowest BCUT2D eigenvalue weighted by atomic mass is 10.2. The van der Waals surface area contributed by atoms with E-state index in [4.69, 9.17) is 5.73 Å². The van der Waals surface area contributed by atoms with Crippen LogP contribution in [0.15, 0.2) is 18.2 Å². The topological polar surface area (TPSA) is 86.9 Å². The van der Waals surface area contributed by atoms with E-state index < -0.39 is 9.84 Å². The van der Waals surface area contributed by atoms with E-state index in [1.807, 2.05) is 6.07 Å². The second-order valence-corrected chi connectivity index (χ2v) is 7.46. The molecular formula is C13H21N3O3S. The summed E-state index contributed by atoms with van der Waals surface area (Å²) in [6, 6.07) is 5.25. The van der Waals surface area contributed by atoms with Crippen LogP contribution in [0.25, 0.3) is 0 Å². The van der Waals surface area contributed by atoms with E-state index in [2.05, 4.69) is 9.80 Å². The summed E-state index contributed by atoms with van der Waals surface area (Å²) in [7, 11) is -2.90. The normalized spacial score (nSPS) is 17.4. The van der Waals surface area contributed by atoms with Crippen LogP contribution in [0.3, 0.4) is 0 Å². The van der Waals surface area contributed by atoms with Crippen molar-refractivity contribution >= 4 is 21.2 Å². The van der Waals surface area contributed by atoms with Crippen molar-refractivity contribution in [3.05, 3.63) is 18.2 Å². The quantitative estimate of drug-likeness (QED) is 0.607. The van der Waals surface area contributed by atoms with E-state index in [1.165, 1.54) is 6.26 Å². The molecule has 20 heavy (non-hydrogen) atoms. The maximum atomic E-state index is 11.2. The number of anilines is 2. The highest BCUT2D eigenvalue weighted by Crippen LogP contribution is 2.26. The fraction of sp³-hybridized carbons (Fsp3) is 0.538. The molecule has 7 heteroatoms. The first-order chi connectivity index (χ1) is 9.35. The Balaban J connectivity index is 1.89. The molecule has 1 aromatic rings. The average Bonchev–Trinajstić information content (AvgIpc) is 2.39. The van der Waals surface area contributed by atoms with Gasteiger partial charge in [-0.3, -0.25) is 4.90 Å². The molecule has 0 aliphatic carbocycles. The van der Waals surface area contributed by atoms with Gasteiger partial charge in [-0.2, -0.15) is 0 Å². The zero-order valence-corrected chi connectivity index (χ0v) is 12.4. The largest absolute Gasteiger partial charge is 0.506 e. The van der Waals surface area contributed by atoms with Crippen LogP contribution >= 0.6 is 0 Å². The summed E-state index contributed by atoms with van der Waals surface area (Å²) >= 11 is 0. The van der Waals surface area contributed by atoms with Gasteiger partial charge in [-0.15, -0.1) is 0 Å². The van der Waals surface area contributed by atoms with Gasteiger partial charge in [0.25, 0.3) is 0 Å². The molecule has 6 nitrogen and oxygen atoms in total. The van der Waals surface area contributed by atoms with Crippen LogP contribution in [0.1, 0.15) is 0 Å². The third kappa shape index (κ3) is 4.01. The van der Waals surface area contributed by atoms with Crippen LogP contribution in [0.4, 0.5) is 11.4 Å². The molecule has 0 atom stereocenters. The van der Waals surface area contributed by atoms with Gasteiger partial charge < -0.3 is 15.7 Å². The van der Waals surface area contributed by atoms with Crippen LogP contribution in [-0.2, 0) is 9.84 Å². The molecule has 1 aliphatic rings. The van der Waals surface area contributed by atoms with Crippen LogP contribution < -0.4 is 10.6 Å². The summed E-state index contributed by atoms with van der Waals surface area (Å²) in [5.74, 6) is 0.303. The van der Waals surface area contributed by atoms with Crippen LogP contribution in [-0.4, -0.2) is 63.2 Å². The minimum Gasteiger partial charge on any atom is -0.506 e. The predicted molar refractivity (Wildman–Crippen MR) is 80.9 cm³/mol. The molecule has 3 N–H and O–H groups in total. The molecule has 0 spiro atoms. The second kappa shape index (κ2) is 5.88. The molecular weight excluding hydrogens is 278 g/mol. The number of nitrogen functional groups attached to an aromatic ring is 1. The molecule has 0 aromatic heterocycles. The lowest BCUT2D eigenvalue weighted by molar-refractivity contribution is 0.272. The Hall–Kier alpha value is -1.47. The minimum absolute atomic E-state index is 0.0991.